The number of benzene rings is 1. The molecule has 166 valence electrons. The van der Waals surface area contributed by atoms with Gasteiger partial charge in [0.05, 0.1) is 12.5 Å². The van der Waals surface area contributed by atoms with Crippen LogP contribution < -0.4 is 9.80 Å². The summed E-state index contributed by atoms with van der Waals surface area (Å²) in [5.74, 6) is 2.12. The zero-order valence-electron chi connectivity index (χ0n) is 18.2. The van der Waals surface area contributed by atoms with Gasteiger partial charge in [-0.3, -0.25) is 14.3 Å². The lowest BCUT2D eigenvalue weighted by molar-refractivity contribution is -0.122. The smallest absolute Gasteiger partial charge is 0.233 e. The molecule has 0 bridgehead atoms. The molecule has 1 aliphatic heterocycles. The molecule has 5 rings (SSSR count). The molecule has 4 heterocycles. The third-order valence-corrected chi connectivity index (χ3v) is 5.88. The highest BCUT2D eigenvalue weighted by Gasteiger charge is 2.31. The number of aromatic nitrogens is 5. The first-order chi connectivity index (χ1) is 16.3. The van der Waals surface area contributed by atoms with Crippen LogP contribution in [0.2, 0.25) is 0 Å². The van der Waals surface area contributed by atoms with Gasteiger partial charge in [-0.1, -0.05) is 36.4 Å². The molecule has 8 nitrogen and oxygen atoms in total. The first-order valence-corrected chi connectivity index (χ1v) is 11.1. The Bertz CT molecular complexity index is 1160. The Morgan fingerprint density at radius 1 is 0.970 bits per heavy atom. The summed E-state index contributed by atoms with van der Waals surface area (Å²) < 4.78 is 1.81. The molecule has 4 aromatic rings. The molecule has 8 heteroatoms. The van der Waals surface area contributed by atoms with Gasteiger partial charge in [0, 0.05) is 31.7 Å². The number of carbonyl (C=O) groups is 1. The molecule has 1 aliphatic rings. The number of nitrogens with zero attached hydrogens (tertiary/aromatic N) is 7. The third kappa shape index (κ3) is 4.74. The maximum Gasteiger partial charge on any atom is 0.233 e. The predicted octanol–water partition coefficient (Wildman–Crippen LogP) is 3.51. The molecule has 1 amide bonds. The number of imidazole rings is 1. The normalized spacial score (nSPS) is 15.9. The Kier molecular flexibility index (Phi) is 6.06. The average molecular weight is 440 g/mol. The van der Waals surface area contributed by atoms with Gasteiger partial charge in [-0.05, 0) is 42.7 Å². The first kappa shape index (κ1) is 20.8. The Hall–Kier alpha value is -4.07. The van der Waals surface area contributed by atoms with Crippen molar-refractivity contribution in [2.75, 3.05) is 22.9 Å². The Labute approximate surface area is 192 Å². The topological polar surface area (TPSA) is 80.0 Å². The van der Waals surface area contributed by atoms with Crippen LogP contribution in [0, 0.1) is 5.92 Å². The highest BCUT2D eigenvalue weighted by atomic mass is 16.2. The van der Waals surface area contributed by atoms with E-state index in [1.165, 1.54) is 0 Å². The molecule has 1 unspecified atom stereocenters. The van der Waals surface area contributed by atoms with Crippen molar-refractivity contribution in [1.82, 2.24) is 24.7 Å². The SMILES string of the molecule is O=C(C1CCCN(c2ccc(-n3ccnc3)nn2)C1)N(Cc1ccccc1)c1ccccn1. The average Bonchev–Trinajstić information content (AvgIpc) is 3.43. The van der Waals surface area contributed by atoms with E-state index in [0.717, 1.165) is 30.8 Å². The standard InChI is InChI=1S/C25H25N7O/c33-25(32(22-10-4-5-13-27-22)17-20-7-2-1-3-8-20)21-9-6-15-30(18-21)23-11-12-24(29-28-23)31-16-14-26-19-31/h1-5,7-8,10-14,16,19,21H,6,9,15,17-18H2. The fourth-order valence-corrected chi connectivity index (χ4v) is 4.18. The van der Waals surface area contributed by atoms with Crippen molar-refractivity contribution in [3.63, 3.8) is 0 Å². The highest BCUT2D eigenvalue weighted by molar-refractivity contribution is 5.94. The van der Waals surface area contributed by atoms with Gasteiger partial charge in [0.25, 0.3) is 0 Å². The van der Waals surface area contributed by atoms with E-state index in [0.29, 0.717) is 24.7 Å². The number of pyridine rings is 1. The van der Waals surface area contributed by atoms with Gasteiger partial charge in [0.15, 0.2) is 11.6 Å². The van der Waals surface area contributed by atoms with E-state index in [9.17, 15) is 4.79 Å². The van der Waals surface area contributed by atoms with Gasteiger partial charge in [0.1, 0.15) is 12.1 Å². The van der Waals surface area contributed by atoms with Crippen molar-refractivity contribution in [2.24, 2.45) is 5.92 Å². The van der Waals surface area contributed by atoms with Gasteiger partial charge in [-0.25, -0.2) is 9.97 Å². The van der Waals surface area contributed by atoms with E-state index in [4.69, 9.17) is 0 Å². The van der Waals surface area contributed by atoms with Crippen LogP contribution in [0.4, 0.5) is 11.6 Å². The van der Waals surface area contributed by atoms with Crippen molar-refractivity contribution >= 4 is 17.5 Å². The van der Waals surface area contributed by atoms with E-state index in [1.54, 1.807) is 23.6 Å². The van der Waals surface area contributed by atoms with Crippen LogP contribution in [0.25, 0.3) is 5.82 Å². The Morgan fingerprint density at radius 3 is 2.52 bits per heavy atom. The molecular formula is C25H25N7O. The number of anilines is 2. The van der Waals surface area contributed by atoms with Crippen LogP contribution in [0.5, 0.6) is 0 Å². The molecule has 33 heavy (non-hydrogen) atoms. The van der Waals surface area contributed by atoms with Gasteiger partial charge in [-0.2, -0.15) is 0 Å². The Balaban J connectivity index is 1.34. The zero-order valence-corrected chi connectivity index (χ0v) is 18.2. The fourth-order valence-electron chi connectivity index (χ4n) is 4.18. The summed E-state index contributed by atoms with van der Waals surface area (Å²) in [4.78, 5) is 26.2. The number of amides is 1. The summed E-state index contributed by atoms with van der Waals surface area (Å²) in [5.41, 5.74) is 1.07. The van der Waals surface area contributed by atoms with Crippen LogP contribution in [0.3, 0.4) is 0 Å². The van der Waals surface area contributed by atoms with Crippen molar-refractivity contribution in [3.05, 3.63) is 91.1 Å². The molecule has 3 aromatic heterocycles. The summed E-state index contributed by atoms with van der Waals surface area (Å²) in [6.45, 7) is 1.95. The van der Waals surface area contributed by atoms with E-state index < -0.39 is 0 Å². The van der Waals surface area contributed by atoms with Crippen molar-refractivity contribution in [3.8, 4) is 5.82 Å². The molecule has 1 saturated heterocycles. The molecule has 0 aliphatic carbocycles. The second-order valence-corrected chi connectivity index (χ2v) is 8.10. The Morgan fingerprint density at radius 2 is 1.79 bits per heavy atom. The molecule has 1 aromatic carbocycles. The largest absolute Gasteiger partial charge is 0.354 e. The van der Waals surface area contributed by atoms with Crippen LogP contribution in [-0.4, -0.2) is 43.7 Å². The van der Waals surface area contributed by atoms with Gasteiger partial charge < -0.3 is 4.90 Å². The summed E-state index contributed by atoms with van der Waals surface area (Å²) in [7, 11) is 0. The first-order valence-electron chi connectivity index (χ1n) is 11.1. The number of hydrogen-bond acceptors (Lipinski definition) is 6. The molecule has 0 saturated carbocycles. The van der Waals surface area contributed by atoms with Crippen LogP contribution in [0.15, 0.2) is 85.6 Å². The maximum atomic E-state index is 13.7. The molecule has 1 atom stereocenters. The minimum atomic E-state index is -0.139. The zero-order chi connectivity index (χ0) is 22.5. The van der Waals surface area contributed by atoms with Gasteiger partial charge >= 0.3 is 0 Å². The van der Waals surface area contributed by atoms with Gasteiger partial charge in [0.2, 0.25) is 5.91 Å². The lowest BCUT2D eigenvalue weighted by Gasteiger charge is -2.35. The fraction of sp³-hybridized carbons (Fsp3) is 0.240. The second kappa shape index (κ2) is 9.60. The highest BCUT2D eigenvalue weighted by Crippen LogP contribution is 2.26. The lowest BCUT2D eigenvalue weighted by atomic mass is 9.96. The van der Waals surface area contributed by atoms with Crippen LogP contribution >= 0.6 is 0 Å². The number of piperidine rings is 1. The maximum absolute atomic E-state index is 13.7. The van der Waals surface area contributed by atoms with Crippen molar-refractivity contribution in [2.45, 2.75) is 19.4 Å². The van der Waals surface area contributed by atoms with Crippen LogP contribution in [0.1, 0.15) is 18.4 Å². The van der Waals surface area contributed by atoms with Gasteiger partial charge in [-0.15, -0.1) is 10.2 Å². The van der Waals surface area contributed by atoms with E-state index in [-0.39, 0.29) is 11.8 Å². The monoisotopic (exact) mass is 439 g/mol. The number of carbonyl (C=O) groups excluding carboxylic acids is 1. The number of hydrogen-bond donors (Lipinski definition) is 0. The summed E-state index contributed by atoms with van der Waals surface area (Å²) in [6, 6.07) is 19.6. The molecule has 1 fully saturated rings. The summed E-state index contributed by atoms with van der Waals surface area (Å²) in [5, 5.41) is 8.74. The predicted molar refractivity (Wildman–Crippen MR) is 126 cm³/mol. The quantitative estimate of drug-likeness (QED) is 0.457. The minimum Gasteiger partial charge on any atom is -0.354 e. The molecule has 0 N–H and O–H groups in total. The number of rotatable bonds is 6. The second-order valence-electron chi connectivity index (χ2n) is 8.10. The third-order valence-electron chi connectivity index (χ3n) is 5.88. The molecule has 0 radical (unpaired) electrons. The van der Waals surface area contributed by atoms with E-state index in [1.807, 2.05) is 71.4 Å². The minimum absolute atomic E-state index is 0.0882. The molecular weight excluding hydrogens is 414 g/mol. The van der Waals surface area contributed by atoms with Crippen LogP contribution in [-0.2, 0) is 11.3 Å². The van der Waals surface area contributed by atoms with E-state index >= 15 is 0 Å². The summed E-state index contributed by atoms with van der Waals surface area (Å²) in [6.07, 6.45) is 8.72. The van der Waals surface area contributed by atoms with Crippen molar-refractivity contribution < 1.29 is 4.79 Å². The molecule has 0 spiro atoms. The summed E-state index contributed by atoms with van der Waals surface area (Å²) >= 11 is 0. The van der Waals surface area contributed by atoms with Crippen molar-refractivity contribution in [1.29, 1.82) is 0 Å². The lowest BCUT2D eigenvalue weighted by Crippen LogP contribution is -2.45. The van der Waals surface area contributed by atoms with E-state index in [2.05, 4.69) is 25.1 Å².